The Kier molecular flexibility index (Phi) is 5.31. The first-order chi connectivity index (χ1) is 9.65. The van der Waals surface area contributed by atoms with Crippen LogP contribution >= 0.6 is 0 Å². The standard InChI is InChI=1S/C14H19FN2O3/c1-17-7-9-20-13(10-17)14(18)16-6-8-19-12-4-2-11(15)3-5-12/h2-5,13H,6-10H2,1H3,(H,16,18). The van der Waals surface area contributed by atoms with E-state index in [2.05, 4.69) is 10.2 Å². The SMILES string of the molecule is CN1CCOC(C(=O)NCCOc2ccc(F)cc2)C1. The molecule has 1 aromatic carbocycles. The number of benzene rings is 1. The summed E-state index contributed by atoms with van der Waals surface area (Å²) in [6.45, 7) is 2.74. The number of nitrogens with zero attached hydrogens (tertiary/aromatic N) is 1. The summed E-state index contributed by atoms with van der Waals surface area (Å²) in [5.74, 6) is 0.151. The van der Waals surface area contributed by atoms with E-state index >= 15 is 0 Å². The molecule has 1 saturated heterocycles. The largest absolute Gasteiger partial charge is 0.492 e. The van der Waals surface area contributed by atoms with Crippen molar-refractivity contribution in [2.24, 2.45) is 0 Å². The highest BCUT2D eigenvalue weighted by Crippen LogP contribution is 2.10. The lowest BCUT2D eigenvalue weighted by Crippen LogP contribution is -2.49. The van der Waals surface area contributed by atoms with Gasteiger partial charge in [-0.25, -0.2) is 4.39 Å². The molecule has 1 unspecified atom stereocenters. The Morgan fingerprint density at radius 2 is 2.25 bits per heavy atom. The van der Waals surface area contributed by atoms with Gasteiger partial charge in [-0.05, 0) is 31.3 Å². The molecule has 0 spiro atoms. The molecule has 2 rings (SSSR count). The predicted molar refractivity (Wildman–Crippen MR) is 72.1 cm³/mol. The summed E-state index contributed by atoms with van der Waals surface area (Å²) in [6.07, 6.45) is -0.417. The summed E-state index contributed by atoms with van der Waals surface area (Å²) in [5.41, 5.74) is 0. The van der Waals surface area contributed by atoms with E-state index in [1.165, 1.54) is 12.1 Å². The third-order valence-corrected chi connectivity index (χ3v) is 3.05. The maximum atomic E-state index is 12.7. The Hall–Kier alpha value is -1.66. The zero-order valence-electron chi connectivity index (χ0n) is 11.5. The Labute approximate surface area is 117 Å². The number of carbonyl (C=O) groups is 1. The Morgan fingerprint density at radius 1 is 1.50 bits per heavy atom. The van der Waals surface area contributed by atoms with Gasteiger partial charge >= 0.3 is 0 Å². The van der Waals surface area contributed by atoms with Crippen LogP contribution in [-0.4, -0.2) is 56.8 Å². The quantitative estimate of drug-likeness (QED) is 0.806. The molecule has 0 aliphatic carbocycles. The van der Waals surface area contributed by atoms with E-state index in [4.69, 9.17) is 9.47 Å². The van der Waals surface area contributed by atoms with E-state index in [-0.39, 0.29) is 11.7 Å². The second-order valence-corrected chi connectivity index (χ2v) is 4.72. The first-order valence-corrected chi connectivity index (χ1v) is 6.61. The van der Waals surface area contributed by atoms with Crippen molar-refractivity contribution in [2.75, 3.05) is 39.9 Å². The minimum atomic E-state index is -0.417. The van der Waals surface area contributed by atoms with E-state index in [0.29, 0.717) is 32.1 Å². The monoisotopic (exact) mass is 282 g/mol. The molecule has 1 heterocycles. The molecule has 1 fully saturated rings. The molecule has 0 bridgehead atoms. The number of hydrogen-bond donors (Lipinski definition) is 1. The molecule has 1 aliphatic heterocycles. The van der Waals surface area contributed by atoms with E-state index in [0.717, 1.165) is 6.54 Å². The summed E-state index contributed by atoms with van der Waals surface area (Å²) >= 11 is 0. The van der Waals surface area contributed by atoms with Crippen molar-refractivity contribution in [2.45, 2.75) is 6.10 Å². The minimum absolute atomic E-state index is 0.126. The van der Waals surface area contributed by atoms with Gasteiger partial charge in [0.05, 0.1) is 13.2 Å². The number of rotatable bonds is 5. The summed E-state index contributed by atoms with van der Waals surface area (Å²) in [4.78, 5) is 13.9. The highest BCUT2D eigenvalue weighted by atomic mass is 19.1. The van der Waals surface area contributed by atoms with Gasteiger partial charge < -0.3 is 19.7 Å². The van der Waals surface area contributed by atoms with Crippen molar-refractivity contribution >= 4 is 5.91 Å². The number of ether oxygens (including phenoxy) is 2. The van der Waals surface area contributed by atoms with Crippen molar-refractivity contribution in [1.82, 2.24) is 10.2 Å². The van der Waals surface area contributed by atoms with Crippen LogP contribution in [0.2, 0.25) is 0 Å². The van der Waals surface area contributed by atoms with Gasteiger partial charge in [-0.3, -0.25) is 4.79 Å². The lowest BCUT2D eigenvalue weighted by molar-refractivity contribution is -0.137. The maximum Gasteiger partial charge on any atom is 0.250 e. The molecular formula is C14H19FN2O3. The van der Waals surface area contributed by atoms with Gasteiger partial charge in [0, 0.05) is 13.1 Å². The Morgan fingerprint density at radius 3 is 2.95 bits per heavy atom. The van der Waals surface area contributed by atoms with Crippen LogP contribution in [0.3, 0.4) is 0 Å². The number of carbonyl (C=O) groups excluding carboxylic acids is 1. The smallest absolute Gasteiger partial charge is 0.250 e. The second kappa shape index (κ2) is 7.21. The molecule has 1 N–H and O–H groups in total. The second-order valence-electron chi connectivity index (χ2n) is 4.72. The van der Waals surface area contributed by atoms with E-state index in [9.17, 15) is 9.18 Å². The molecule has 1 atom stereocenters. The first kappa shape index (κ1) is 14.7. The van der Waals surface area contributed by atoms with Gasteiger partial charge in [0.25, 0.3) is 5.91 Å². The molecule has 1 amide bonds. The Bertz CT molecular complexity index is 439. The minimum Gasteiger partial charge on any atom is -0.492 e. The van der Waals surface area contributed by atoms with E-state index in [1.54, 1.807) is 12.1 Å². The van der Waals surface area contributed by atoms with Crippen molar-refractivity contribution < 1.29 is 18.7 Å². The molecule has 0 radical (unpaired) electrons. The highest BCUT2D eigenvalue weighted by molar-refractivity contribution is 5.81. The highest BCUT2D eigenvalue weighted by Gasteiger charge is 2.24. The van der Waals surface area contributed by atoms with Crippen LogP contribution < -0.4 is 10.1 Å². The van der Waals surface area contributed by atoms with E-state index in [1.807, 2.05) is 7.05 Å². The van der Waals surface area contributed by atoms with Crippen molar-refractivity contribution in [1.29, 1.82) is 0 Å². The van der Waals surface area contributed by atoms with Crippen LogP contribution in [0, 0.1) is 5.82 Å². The first-order valence-electron chi connectivity index (χ1n) is 6.61. The normalized spacial score (nSPS) is 19.6. The van der Waals surface area contributed by atoms with Gasteiger partial charge in [0.15, 0.2) is 0 Å². The lowest BCUT2D eigenvalue weighted by atomic mass is 10.2. The van der Waals surface area contributed by atoms with Crippen molar-refractivity contribution in [3.05, 3.63) is 30.1 Å². The fraction of sp³-hybridized carbons (Fsp3) is 0.500. The number of likely N-dealkylation sites (N-methyl/N-ethyl adjacent to an activating group) is 1. The van der Waals surface area contributed by atoms with Gasteiger partial charge in [-0.2, -0.15) is 0 Å². The number of nitrogens with one attached hydrogen (secondary N) is 1. The lowest BCUT2D eigenvalue weighted by Gasteiger charge is -2.29. The Balaban J connectivity index is 1.65. The maximum absolute atomic E-state index is 12.7. The summed E-state index contributed by atoms with van der Waals surface area (Å²) in [6, 6.07) is 5.77. The summed E-state index contributed by atoms with van der Waals surface area (Å²) < 4.78 is 23.5. The summed E-state index contributed by atoms with van der Waals surface area (Å²) in [7, 11) is 1.96. The van der Waals surface area contributed by atoms with Crippen LogP contribution in [0.1, 0.15) is 0 Å². The average Bonchev–Trinajstić information content (AvgIpc) is 2.45. The topological polar surface area (TPSA) is 50.8 Å². The van der Waals surface area contributed by atoms with Crippen molar-refractivity contribution in [3.63, 3.8) is 0 Å². The fourth-order valence-corrected chi connectivity index (χ4v) is 1.92. The van der Waals surface area contributed by atoms with Crippen LogP contribution in [0.4, 0.5) is 4.39 Å². The van der Waals surface area contributed by atoms with Crippen LogP contribution in [0.15, 0.2) is 24.3 Å². The number of amides is 1. The molecule has 6 heteroatoms. The van der Waals surface area contributed by atoms with Crippen molar-refractivity contribution in [3.8, 4) is 5.75 Å². The third-order valence-electron chi connectivity index (χ3n) is 3.05. The molecule has 1 aromatic rings. The third kappa shape index (κ3) is 4.47. The number of halogens is 1. The number of hydrogen-bond acceptors (Lipinski definition) is 4. The molecular weight excluding hydrogens is 263 g/mol. The van der Waals surface area contributed by atoms with Gasteiger partial charge in [0.2, 0.25) is 0 Å². The van der Waals surface area contributed by atoms with Gasteiger partial charge in [0.1, 0.15) is 24.3 Å². The molecule has 1 aliphatic rings. The van der Waals surface area contributed by atoms with Gasteiger partial charge in [-0.15, -0.1) is 0 Å². The summed E-state index contributed by atoms with van der Waals surface area (Å²) in [5, 5.41) is 2.76. The number of morpholine rings is 1. The molecule has 0 saturated carbocycles. The predicted octanol–water partition coefficient (Wildman–Crippen LogP) is 0.651. The molecule has 0 aromatic heterocycles. The molecule has 110 valence electrons. The molecule has 20 heavy (non-hydrogen) atoms. The zero-order chi connectivity index (χ0) is 14.4. The fourth-order valence-electron chi connectivity index (χ4n) is 1.92. The van der Waals surface area contributed by atoms with Crippen LogP contribution in [-0.2, 0) is 9.53 Å². The zero-order valence-corrected chi connectivity index (χ0v) is 11.5. The van der Waals surface area contributed by atoms with Crippen LogP contribution in [0.25, 0.3) is 0 Å². The average molecular weight is 282 g/mol. The molecule has 5 nitrogen and oxygen atoms in total. The van der Waals surface area contributed by atoms with Gasteiger partial charge in [-0.1, -0.05) is 0 Å². The van der Waals surface area contributed by atoms with E-state index < -0.39 is 6.10 Å². The van der Waals surface area contributed by atoms with Crippen LogP contribution in [0.5, 0.6) is 5.75 Å².